The van der Waals surface area contributed by atoms with Gasteiger partial charge in [-0.05, 0) is 24.7 Å². The number of nitrogens with one attached hydrogen (secondary N) is 1. The first-order chi connectivity index (χ1) is 6.56. The molecule has 0 aliphatic heterocycles. The van der Waals surface area contributed by atoms with Crippen molar-refractivity contribution in [2.75, 3.05) is 13.6 Å². The molecule has 0 fully saturated rings. The Balaban J connectivity index is 3.00. The summed E-state index contributed by atoms with van der Waals surface area (Å²) in [4.78, 5) is 0. The highest BCUT2D eigenvalue weighted by atomic mass is 35.5. The molecule has 0 bridgehead atoms. The van der Waals surface area contributed by atoms with Gasteiger partial charge in [-0.15, -0.1) is 0 Å². The van der Waals surface area contributed by atoms with Crippen LogP contribution in [-0.4, -0.2) is 18.7 Å². The van der Waals surface area contributed by atoms with Gasteiger partial charge in [0.05, 0.1) is 11.1 Å². The third-order valence-electron chi connectivity index (χ3n) is 1.79. The summed E-state index contributed by atoms with van der Waals surface area (Å²) >= 11 is 5.42. The van der Waals surface area contributed by atoms with E-state index in [1.165, 1.54) is 6.07 Å². The zero-order chi connectivity index (χ0) is 10.7. The van der Waals surface area contributed by atoms with Gasteiger partial charge in [0.2, 0.25) is 0 Å². The van der Waals surface area contributed by atoms with E-state index in [4.69, 9.17) is 11.6 Å². The lowest BCUT2D eigenvalue weighted by atomic mass is 10.1. The zero-order valence-corrected chi connectivity index (χ0v) is 8.28. The summed E-state index contributed by atoms with van der Waals surface area (Å²) in [5.74, 6) is -2.14. The van der Waals surface area contributed by atoms with Crippen LogP contribution in [0.15, 0.2) is 12.1 Å². The highest BCUT2D eigenvalue weighted by molar-refractivity contribution is 6.30. The largest absolute Gasteiger partial charge is 0.387 e. The summed E-state index contributed by atoms with van der Waals surface area (Å²) in [6, 6.07) is 2.14. The van der Waals surface area contributed by atoms with Gasteiger partial charge in [-0.2, -0.15) is 0 Å². The fourth-order valence-electron chi connectivity index (χ4n) is 1.08. The Morgan fingerprint density at radius 2 is 2.14 bits per heavy atom. The number of halogens is 3. The van der Waals surface area contributed by atoms with Crippen molar-refractivity contribution in [3.8, 4) is 0 Å². The summed E-state index contributed by atoms with van der Waals surface area (Å²) in [5.41, 5.74) is 0.253. The van der Waals surface area contributed by atoms with E-state index in [1.807, 2.05) is 0 Å². The fourth-order valence-corrected chi connectivity index (χ4v) is 1.29. The first kappa shape index (κ1) is 11.4. The Kier molecular flexibility index (Phi) is 3.80. The van der Waals surface area contributed by atoms with Crippen molar-refractivity contribution in [3.63, 3.8) is 0 Å². The van der Waals surface area contributed by atoms with Gasteiger partial charge in [0.15, 0.2) is 11.6 Å². The third kappa shape index (κ3) is 2.41. The van der Waals surface area contributed by atoms with Crippen molar-refractivity contribution in [2.24, 2.45) is 0 Å². The molecule has 0 radical (unpaired) electrons. The molecule has 1 aromatic rings. The van der Waals surface area contributed by atoms with Crippen LogP contribution in [0.25, 0.3) is 0 Å². The maximum absolute atomic E-state index is 12.8. The van der Waals surface area contributed by atoms with Crippen LogP contribution in [0.3, 0.4) is 0 Å². The lowest BCUT2D eigenvalue weighted by Gasteiger charge is -2.11. The van der Waals surface area contributed by atoms with Gasteiger partial charge >= 0.3 is 0 Å². The molecule has 0 aliphatic rings. The molecule has 0 heterocycles. The predicted octanol–water partition coefficient (Wildman–Crippen LogP) is 1.87. The van der Waals surface area contributed by atoms with Gasteiger partial charge in [-0.25, -0.2) is 8.78 Å². The number of rotatable bonds is 3. The van der Waals surface area contributed by atoms with Crippen molar-refractivity contribution < 1.29 is 13.9 Å². The topological polar surface area (TPSA) is 32.3 Å². The molecule has 1 rings (SSSR count). The number of hydrogen-bond donors (Lipinski definition) is 2. The van der Waals surface area contributed by atoms with Gasteiger partial charge in [0.1, 0.15) is 0 Å². The first-order valence-electron chi connectivity index (χ1n) is 4.03. The van der Waals surface area contributed by atoms with Crippen molar-refractivity contribution >= 4 is 11.6 Å². The van der Waals surface area contributed by atoms with Gasteiger partial charge in [0.25, 0.3) is 0 Å². The molecule has 2 nitrogen and oxygen atoms in total. The molecule has 78 valence electrons. The van der Waals surface area contributed by atoms with Crippen LogP contribution < -0.4 is 5.32 Å². The smallest absolute Gasteiger partial charge is 0.177 e. The molecule has 1 unspecified atom stereocenters. The summed E-state index contributed by atoms with van der Waals surface area (Å²) in [6.45, 7) is 0.251. The number of likely N-dealkylation sites (N-methyl/N-ethyl adjacent to an activating group) is 1. The number of hydrogen-bond acceptors (Lipinski definition) is 2. The molecular formula is C9H10ClF2NO. The molecule has 0 amide bonds. The third-order valence-corrected chi connectivity index (χ3v) is 2.06. The number of aliphatic hydroxyl groups is 1. The second-order valence-corrected chi connectivity index (χ2v) is 3.28. The van der Waals surface area contributed by atoms with Gasteiger partial charge in [0, 0.05) is 6.54 Å². The van der Waals surface area contributed by atoms with Crippen LogP contribution in [0.5, 0.6) is 0 Å². The van der Waals surface area contributed by atoms with Crippen molar-refractivity contribution in [3.05, 3.63) is 34.4 Å². The van der Waals surface area contributed by atoms with Crippen molar-refractivity contribution in [2.45, 2.75) is 6.10 Å². The van der Waals surface area contributed by atoms with Gasteiger partial charge < -0.3 is 10.4 Å². The average molecular weight is 222 g/mol. The highest BCUT2D eigenvalue weighted by Gasteiger charge is 2.13. The second kappa shape index (κ2) is 4.68. The van der Waals surface area contributed by atoms with Gasteiger partial charge in [-0.3, -0.25) is 0 Å². The average Bonchev–Trinajstić information content (AvgIpc) is 2.13. The molecular weight excluding hydrogens is 212 g/mol. The van der Waals surface area contributed by atoms with Crippen LogP contribution in [0.1, 0.15) is 11.7 Å². The molecule has 1 atom stereocenters. The second-order valence-electron chi connectivity index (χ2n) is 2.87. The molecule has 0 spiro atoms. The Morgan fingerprint density at radius 3 is 2.64 bits per heavy atom. The minimum atomic E-state index is -1.09. The molecule has 0 aromatic heterocycles. The Bertz CT molecular complexity index is 310. The standard InChI is InChI=1S/C9H10ClF2NO/c1-13-4-8(14)5-2-6(10)9(12)7(11)3-5/h2-3,8,13-14H,4H2,1H3. The van der Waals surface area contributed by atoms with E-state index in [0.717, 1.165) is 6.07 Å². The maximum Gasteiger partial charge on any atom is 0.177 e. The summed E-state index contributed by atoms with van der Waals surface area (Å²) in [6.07, 6.45) is -0.896. The molecule has 0 saturated carbocycles. The maximum atomic E-state index is 12.8. The predicted molar refractivity (Wildman–Crippen MR) is 50.3 cm³/mol. The summed E-state index contributed by atoms with van der Waals surface area (Å²) in [5, 5.41) is 11.8. The van der Waals surface area contributed by atoms with E-state index in [0.29, 0.717) is 0 Å². The monoisotopic (exact) mass is 221 g/mol. The van der Waals surface area contributed by atoms with E-state index >= 15 is 0 Å². The van der Waals surface area contributed by atoms with Crippen molar-refractivity contribution in [1.82, 2.24) is 5.32 Å². The van der Waals surface area contributed by atoms with E-state index in [1.54, 1.807) is 7.05 Å². The molecule has 5 heteroatoms. The normalized spacial score (nSPS) is 12.9. The summed E-state index contributed by atoms with van der Waals surface area (Å²) < 4.78 is 25.6. The Hall–Kier alpha value is -0.710. The lowest BCUT2D eigenvalue weighted by Crippen LogP contribution is -2.17. The zero-order valence-electron chi connectivity index (χ0n) is 7.52. The van der Waals surface area contributed by atoms with Crippen LogP contribution in [-0.2, 0) is 0 Å². The van der Waals surface area contributed by atoms with Gasteiger partial charge in [-0.1, -0.05) is 11.6 Å². The molecule has 14 heavy (non-hydrogen) atoms. The van der Waals surface area contributed by atoms with Crippen molar-refractivity contribution in [1.29, 1.82) is 0 Å². The first-order valence-corrected chi connectivity index (χ1v) is 4.41. The summed E-state index contributed by atoms with van der Waals surface area (Å²) in [7, 11) is 1.64. The van der Waals surface area contributed by atoms with E-state index in [9.17, 15) is 13.9 Å². The fraction of sp³-hybridized carbons (Fsp3) is 0.333. The van der Waals surface area contributed by atoms with Crippen LogP contribution in [0, 0.1) is 11.6 Å². The Morgan fingerprint density at radius 1 is 1.50 bits per heavy atom. The number of aliphatic hydroxyl groups excluding tert-OH is 1. The van der Waals surface area contributed by atoms with E-state index < -0.39 is 17.7 Å². The number of benzene rings is 1. The minimum Gasteiger partial charge on any atom is -0.387 e. The molecule has 1 aromatic carbocycles. The quantitative estimate of drug-likeness (QED) is 0.764. The molecule has 2 N–H and O–H groups in total. The van der Waals surface area contributed by atoms with E-state index in [-0.39, 0.29) is 17.1 Å². The van der Waals surface area contributed by atoms with Crippen LogP contribution in [0.4, 0.5) is 8.78 Å². The Labute approximate surface area is 85.5 Å². The molecule has 0 saturated heterocycles. The SMILES string of the molecule is CNCC(O)c1cc(F)c(F)c(Cl)c1. The minimum absolute atomic E-state index is 0.251. The highest BCUT2D eigenvalue weighted by Crippen LogP contribution is 2.23. The van der Waals surface area contributed by atoms with Crippen LogP contribution >= 0.6 is 11.6 Å². The lowest BCUT2D eigenvalue weighted by molar-refractivity contribution is 0.177. The van der Waals surface area contributed by atoms with Crippen LogP contribution in [0.2, 0.25) is 5.02 Å². The molecule has 0 aliphatic carbocycles. The van der Waals surface area contributed by atoms with E-state index in [2.05, 4.69) is 5.32 Å².